The molecule has 8 heteroatoms. The second-order valence-corrected chi connectivity index (χ2v) is 6.19. The van der Waals surface area contributed by atoms with Crippen LogP contribution in [-0.2, 0) is 13.0 Å². The number of carbonyl (C=O) groups is 1. The lowest BCUT2D eigenvalue weighted by molar-refractivity contribution is 0.240. The highest BCUT2D eigenvalue weighted by Crippen LogP contribution is 2.28. The lowest BCUT2D eigenvalue weighted by atomic mass is 10.1. The van der Waals surface area contributed by atoms with Gasteiger partial charge in [0.2, 0.25) is 0 Å². The molecule has 1 aromatic heterocycles. The maximum atomic E-state index is 11.9. The van der Waals surface area contributed by atoms with E-state index in [1.54, 1.807) is 7.11 Å². The molecule has 0 bridgehead atoms. The highest BCUT2D eigenvalue weighted by atomic mass is 16.5. The van der Waals surface area contributed by atoms with Crippen LogP contribution in [0.5, 0.6) is 5.75 Å². The molecule has 0 aliphatic heterocycles. The van der Waals surface area contributed by atoms with Crippen LogP contribution >= 0.6 is 0 Å². The van der Waals surface area contributed by atoms with E-state index in [9.17, 15) is 4.79 Å². The van der Waals surface area contributed by atoms with Gasteiger partial charge < -0.3 is 15.4 Å². The minimum atomic E-state index is -0.213. The van der Waals surface area contributed by atoms with E-state index in [4.69, 9.17) is 4.74 Å². The number of carbonyl (C=O) groups excluding carboxylic acids is 1. The van der Waals surface area contributed by atoms with Crippen molar-refractivity contribution < 1.29 is 9.53 Å². The molecule has 0 atom stereocenters. The number of urea groups is 1. The number of aromatic nitrogens is 4. The first kappa shape index (κ1) is 17.2. The third-order valence-corrected chi connectivity index (χ3v) is 4.50. The maximum Gasteiger partial charge on any atom is 0.315 e. The van der Waals surface area contributed by atoms with Gasteiger partial charge in [-0.3, -0.25) is 0 Å². The predicted octanol–water partition coefficient (Wildman–Crippen LogP) is 1.84. The van der Waals surface area contributed by atoms with Gasteiger partial charge in [-0.25, -0.2) is 9.48 Å². The molecule has 25 heavy (non-hydrogen) atoms. The molecule has 0 spiro atoms. The van der Waals surface area contributed by atoms with E-state index in [0.29, 0.717) is 25.0 Å². The summed E-state index contributed by atoms with van der Waals surface area (Å²) in [6.07, 6.45) is 5.39. The molecule has 2 amide bonds. The first-order chi connectivity index (χ1) is 12.3. The van der Waals surface area contributed by atoms with Crippen LogP contribution < -0.4 is 15.4 Å². The molecule has 0 saturated heterocycles. The predicted molar refractivity (Wildman–Crippen MR) is 92.3 cm³/mol. The molecular weight excluding hydrogens is 320 g/mol. The minimum Gasteiger partial charge on any atom is -0.497 e. The van der Waals surface area contributed by atoms with Crippen molar-refractivity contribution in [2.75, 3.05) is 13.7 Å². The summed E-state index contributed by atoms with van der Waals surface area (Å²) in [4.78, 5) is 11.9. The molecule has 1 fully saturated rings. The number of methoxy groups -OCH3 is 1. The normalized spacial score (nSPS) is 14.4. The minimum absolute atomic E-state index is 0.213. The van der Waals surface area contributed by atoms with Crippen molar-refractivity contribution in [3.8, 4) is 5.75 Å². The molecule has 1 saturated carbocycles. The molecule has 0 radical (unpaired) electrons. The van der Waals surface area contributed by atoms with E-state index < -0.39 is 0 Å². The van der Waals surface area contributed by atoms with Crippen LogP contribution in [0.1, 0.15) is 43.1 Å². The molecule has 1 aliphatic rings. The van der Waals surface area contributed by atoms with Crippen LogP contribution in [0.15, 0.2) is 24.3 Å². The van der Waals surface area contributed by atoms with Crippen LogP contribution in [-0.4, -0.2) is 39.9 Å². The van der Waals surface area contributed by atoms with Crippen LogP contribution in [0.4, 0.5) is 4.79 Å². The van der Waals surface area contributed by atoms with Gasteiger partial charge in [-0.15, -0.1) is 5.10 Å². The van der Waals surface area contributed by atoms with Crippen LogP contribution in [0.25, 0.3) is 0 Å². The van der Waals surface area contributed by atoms with Crippen molar-refractivity contribution in [1.29, 1.82) is 0 Å². The fourth-order valence-corrected chi connectivity index (χ4v) is 3.10. The van der Waals surface area contributed by atoms with Crippen molar-refractivity contribution in [1.82, 2.24) is 30.8 Å². The third kappa shape index (κ3) is 4.68. The third-order valence-electron chi connectivity index (χ3n) is 4.50. The number of nitrogens with zero attached hydrogens (tertiary/aromatic N) is 4. The van der Waals surface area contributed by atoms with E-state index in [-0.39, 0.29) is 6.03 Å². The summed E-state index contributed by atoms with van der Waals surface area (Å²) in [6, 6.07) is 7.97. The van der Waals surface area contributed by atoms with Crippen molar-refractivity contribution in [2.45, 2.75) is 44.7 Å². The Hall–Kier alpha value is -2.64. The average molecular weight is 344 g/mol. The second kappa shape index (κ2) is 8.46. The molecule has 134 valence electrons. The summed E-state index contributed by atoms with van der Waals surface area (Å²) < 4.78 is 6.98. The van der Waals surface area contributed by atoms with Gasteiger partial charge in [0.1, 0.15) is 5.75 Å². The van der Waals surface area contributed by atoms with Gasteiger partial charge in [0.05, 0.1) is 19.7 Å². The van der Waals surface area contributed by atoms with Crippen LogP contribution in [0, 0.1) is 0 Å². The zero-order valence-corrected chi connectivity index (χ0v) is 14.4. The molecule has 2 N–H and O–H groups in total. The molecule has 1 heterocycles. The summed E-state index contributed by atoms with van der Waals surface area (Å²) in [5.74, 6) is 1.53. The van der Waals surface area contributed by atoms with E-state index in [1.807, 2.05) is 28.9 Å². The number of ether oxygens (including phenoxy) is 1. The number of hydrogen-bond acceptors (Lipinski definition) is 5. The Labute approximate surface area is 146 Å². The standard InChI is InChI=1S/C17H24N6O2/c1-25-15-8-6-13(7-9-15)10-11-18-17(24)19-12-16-20-21-22-23(16)14-4-2-3-5-14/h6-9,14H,2-5,10-12H2,1H3,(H2,18,19,24). The van der Waals surface area contributed by atoms with Gasteiger partial charge in [0.25, 0.3) is 0 Å². The second-order valence-electron chi connectivity index (χ2n) is 6.19. The average Bonchev–Trinajstić information content (AvgIpc) is 3.31. The molecule has 3 rings (SSSR count). The molecule has 2 aromatic rings. The van der Waals surface area contributed by atoms with E-state index in [1.165, 1.54) is 12.8 Å². The lowest BCUT2D eigenvalue weighted by Gasteiger charge is -2.12. The first-order valence-corrected chi connectivity index (χ1v) is 8.67. The van der Waals surface area contributed by atoms with Crippen LogP contribution in [0.2, 0.25) is 0 Å². The first-order valence-electron chi connectivity index (χ1n) is 8.67. The Bertz CT molecular complexity index is 679. The molecule has 1 aliphatic carbocycles. The Balaban J connectivity index is 1.40. The maximum absolute atomic E-state index is 11.9. The monoisotopic (exact) mass is 344 g/mol. The zero-order chi connectivity index (χ0) is 17.5. The van der Waals surface area contributed by atoms with Crippen molar-refractivity contribution in [2.24, 2.45) is 0 Å². The van der Waals surface area contributed by atoms with Gasteiger partial charge in [-0.1, -0.05) is 25.0 Å². The van der Waals surface area contributed by atoms with Gasteiger partial charge in [-0.2, -0.15) is 0 Å². The largest absolute Gasteiger partial charge is 0.497 e. The molecule has 0 unspecified atom stereocenters. The SMILES string of the molecule is COc1ccc(CCNC(=O)NCc2nnnn2C2CCCC2)cc1. The summed E-state index contributed by atoms with van der Waals surface area (Å²) in [5, 5.41) is 17.5. The fraction of sp³-hybridized carbons (Fsp3) is 0.529. The summed E-state index contributed by atoms with van der Waals surface area (Å²) in [5.41, 5.74) is 1.14. The topological polar surface area (TPSA) is 94.0 Å². The van der Waals surface area contributed by atoms with E-state index in [2.05, 4.69) is 26.2 Å². The fourth-order valence-electron chi connectivity index (χ4n) is 3.10. The number of amides is 2. The summed E-state index contributed by atoms with van der Waals surface area (Å²) in [7, 11) is 1.64. The quantitative estimate of drug-likeness (QED) is 0.799. The van der Waals surface area contributed by atoms with Crippen molar-refractivity contribution in [3.63, 3.8) is 0 Å². The van der Waals surface area contributed by atoms with Gasteiger partial charge in [0, 0.05) is 6.54 Å². The number of nitrogens with one attached hydrogen (secondary N) is 2. The summed E-state index contributed by atoms with van der Waals surface area (Å²) in [6.45, 7) is 0.892. The summed E-state index contributed by atoms with van der Waals surface area (Å²) >= 11 is 0. The highest BCUT2D eigenvalue weighted by molar-refractivity contribution is 5.73. The smallest absolute Gasteiger partial charge is 0.315 e. The highest BCUT2D eigenvalue weighted by Gasteiger charge is 2.21. The van der Waals surface area contributed by atoms with Gasteiger partial charge >= 0.3 is 6.03 Å². The lowest BCUT2D eigenvalue weighted by Crippen LogP contribution is -2.37. The number of benzene rings is 1. The number of rotatable bonds is 7. The number of hydrogen-bond donors (Lipinski definition) is 2. The van der Waals surface area contributed by atoms with Crippen LogP contribution in [0.3, 0.4) is 0 Å². The molecule has 1 aromatic carbocycles. The Morgan fingerprint density at radius 2 is 2.00 bits per heavy atom. The number of tetrazole rings is 1. The van der Waals surface area contributed by atoms with Crippen molar-refractivity contribution >= 4 is 6.03 Å². The van der Waals surface area contributed by atoms with E-state index in [0.717, 1.165) is 30.6 Å². The van der Waals surface area contributed by atoms with Crippen molar-refractivity contribution in [3.05, 3.63) is 35.7 Å². The van der Waals surface area contributed by atoms with Gasteiger partial charge in [-0.05, 0) is 47.4 Å². The Morgan fingerprint density at radius 1 is 1.24 bits per heavy atom. The Kier molecular flexibility index (Phi) is 5.81. The molecular formula is C17H24N6O2. The van der Waals surface area contributed by atoms with Gasteiger partial charge in [0.15, 0.2) is 5.82 Å². The Morgan fingerprint density at radius 3 is 2.72 bits per heavy atom. The zero-order valence-electron chi connectivity index (χ0n) is 14.4. The molecule has 8 nitrogen and oxygen atoms in total. The van der Waals surface area contributed by atoms with E-state index >= 15 is 0 Å².